The van der Waals surface area contributed by atoms with Crippen molar-refractivity contribution in [1.82, 2.24) is 14.8 Å². The molecule has 1 unspecified atom stereocenters. The second-order valence-corrected chi connectivity index (χ2v) is 4.88. The molecule has 1 N–H and O–H groups in total. The average molecular weight is 267 g/mol. The van der Waals surface area contributed by atoms with Gasteiger partial charge in [-0.05, 0) is 25.3 Å². The van der Waals surface area contributed by atoms with E-state index in [0.29, 0.717) is 0 Å². The molecule has 0 aliphatic rings. The van der Waals surface area contributed by atoms with E-state index in [2.05, 4.69) is 10.1 Å². The monoisotopic (exact) mass is 267 g/mol. The molecule has 0 aliphatic heterocycles. The second-order valence-electron chi connectivity index (χ2n) is 4.88. The summed E-state index contributed by atoms with van der Waals surface area (Å²) < 4.78 is 1.84. The van der Waals surface area contributed by atoms with Crippen molar-refractivity contribution >= 4 is 10.8 Å². The predicted octanol–water partition coefficient (Wildman–Crippen LogP) is 2.84. The van der Waals surface area contributed by atoms with Gasteiger partial charge in [0.2, 0.25) is 0 Å². The molecular formula is C16H17N3O. The van der Waals surface area contributed by atoms with Crippen molar-refractivity contribution in [1.29, 1.82) is 0 Å². The van der Waals surface area contributed by atoms with Gasteiger partial charge in [0.1, 0.15) is 6.10 Å². The van der Waals surface area contributed by atoms with Crippen LogP contribution in [-0.4, -0.2) is 19.9 Å². The second kappa shape index (κ2) is 5.06. The Balaban J connectivity index is 2.15. The number of rotatable bonds is 3. The SMILES string of the molecule is CCn1nc(C)cc1C(O)c1cncc2ccccc12. The summed E-state index contributed by atoms with van der Waals surface area (Å²) in [5, 5.41) is 17.2. The zero-order chi connectivity index (χ0) is 14.1. The van der Waals surface area contributed by atoms with E-state index in [1.165, 1.54) is 0 Å². The third-order valence-electron chi connectivity index (χ3n) is 3.51. The molecule has 102 valence electrons. The summed E-state index contributed by atoms with van der Waals surface area (Å²) in [5.74, 6) is 0. The fourth-order valence-corrected chi connectivity index (χ4v) is 2.56. The van der Waals surface area contributed by atoms with E-state index in [1.54, 1.807) is 6.20 Å². The van der Waals surface area contributed by atoms with E-state index in [-0.39, 0.29) is 0 Å². The molecule has 0 bridgehead atoms. The van der Waals surface area contributed by atoms with Gasteiger partial charge in [-0.2, -0.15) is 5.10 Å². The van der Waals surface area contributed by atoms with Crippen LogP contribution in [0.15, 0.2) is 42.7 Å². The van der Waals surface area contributed by atoms with E-state index in [9.17, 15) is 5.11 Å². The van der Waals surface area contributed by atoms with E-state index in [1.807, 2.05) is 55.1 Å². The van der Waals surface area contributed by atoms with Crippen LogP contribution < -0.4 is 0 Å². The molecule has 0 amide bonds. The highest BCUT2D eigenvalue weighted by molar-refractivity contribution is 5.85. The quantitative estimate of drug-likeness (QED) is 0.794. The molecule has 2 aromatic heterocycles. The number of aromatic nitrogens is 3. The summed E-state index contributed by atoms with van der Waals surface area (Å²) in [4.78, 5) is 4.23. The Bertz CT molecular complexity index is 743. The number of benzene rings is 1. The van der Waals surface area contributed by atoms with Crippen LogP contribution in [0.1, 0.15) is 30.0 Å². The molecule has 1 aromatic carbocycles. The summed E-state index contributed by atoms with van der Waals surface area (Å²) >= 11 is 0. The molecule has 4 nitrogen and oxygen atoms in total. The largest absolute Gasteiger partial charge is 0.382 e. The zero-order valence-electron chi connectivity index (χ0n) is 11.6. The molecule has 0 aliphatic carbocycles. The molecule has 0 fully saturated rings. The summed E-state index contributed by atoms with van der Waals surface area (Å²) in [5.41, 5.74) is 2.54. The lowest BCUT2D eigenvalue weighted by molar-refractivity contribution is 0.209. The van der Waals surface area contributed by atoms with E-state index >= 15 is 0 Å². The molecule has 4 heteroatoms. The van der Waals surface area contributed by atoms with Crippen LogP contribution in [0.5, 0.6) is 0 Å². The lowest BCUT2D eigenvalue weighted by Crippen LogP contribution is -2.09. The highest BCUT2D eigenvalue weighted by atomic mass is 16.3. The van der Waals surface area contributed by atoms with Crippen LogP contribution in [0, 0.1) is 6.92 Å². The van der Waals surface area contributed by atoms with Gasteiger partial charge in [0, 0.05) is 29.9 Å². The maximum absolute atomic E-state index is 10.7. The Morgan fingerprint density at radius 1 is 1.25 bits per heavy atom. The zero-order valence-corrected chi connectivity index (χ0v) is 11.6. The third kappa shape index (κ3) is 2.08. The number of nitrogens with zero attached hydrogens (tertiary/aromatic N) is 3. The van der Waals surface area contributed by atoms with Gasteiger partial charge in [-0.25, -0.2) is 0 Å². The van der Waals surface area contributed by atoms with E-state index in [4.69, 9.17) is 0 Å². The molecule has 0 saturated heterocycles. The van der Waals surface area contributed by atoms with Crippen molar-refractivity contribution in [3.05, 3.63) is 59.7 Å². The first-order valence-electron chi connectivity index (χ1n) is 6.75. The number of hydrogen-bond acceptors (Lipinski definition) is 3. The minimum Gasteiger partial charge on any atom is -0.382 e. The van der Waals surface area contributed by atoms with Gasteiger partial charge >= 0.3 is 0 Å². The number of aliphatic hydroxyl groups is 1. The van der Waals surface area contributed by atoms with Crippen LogP contribution in [0.3, 0.4) is 0 Å². The number of fused-ring (bicyclic) bond motifs is 1. The van der Waals surface area contributed by atoms with Gasteiger partial charge in [0.25, 0.3) is 0 Å². The van der Waals surface area contributed by atoms with Crippen LogP contribution in [0.25, 0.3) is 10.8 Å². The number of aliphatic hydroxyl groups excluding tert-OH is 1. The highest BCUT2D eigenvalue weighted by Gasteiger charge is 2.18. The topological polar surface area (TPSA) is 50.9 Å². The van der Waals surface area contributed by atoms with Crippen LogP contribution >= 0.6 is 0 Å². The summed E-state index contributed by atoms with van der Waals surface area (Å²) in [6.45, 7) is 4.69. The maximum atomic E-state index is 10.7. The van der Waals surface area contributed by atoms with Gasteiger partial charge < -0.3 is 5.11 Å². The van der Waals surface area contributed by atoms with Crippen molar-refractivity contribution in [2.45, 2.75) is 26.5 Å². The smallest absolute Gasteiger partial charge is 0.123 e. The van der Waals surface area contributed by atoms with Gasteiger partial charge in [-0.1, -0.05) is 24.3 Å². The molecule has 0 saturated carbocycles. The molecule has 3 rings (SSSR count). The molecule has 1 atom stereocenters. The normalized spacial score (nSPS) is 12.8. The first kappa shape index (κ1) is 12.8. The standard InChI is InChI=1S/C16H17N3O/c1-3-19-15(8-11(2)18-19)16(20)14-10-17-9-12-6-4-5-7-13(12)14/h4-10,16,20H,3H2,1-2H3. The summed E-state index contributed by atoms with van der Waals surface area (Å²) in [6.07, 6.45) is 2.83. The molecule has 2 heterocycles. The predicted molar refractivity (Wildman–Crippen MR) is 78.4 cm³/mol. The van der Waals surface area contributed by atoms with Gasteiger partial charge in [-0.3, -0.25) is 9.67 Å². The molecule has 0 spiro atoms. The fourth-order valence-electron chi connectivity index (χ4n) is 2.56. The third-order valence-corrected chi connectivity index (χ3v) is 3.51. The Labute approximate surface area is 117 Å². The van der Waals surface area contributed by atoms with Gasteiger partial charge in [0.15, 0.2) is 0 Å². The Hall–Kier alpha value is -2.20. The lowest BCUT2D eigenvalue weighted by atomic mass is 10.0. The minimum atomic E-state index is -0.713. The van der Waals surface area contributed by atoms with Crippen LogP contribution in [-0.2, 0) is 6.54 Å². The number of pyridine rings is 1. The van der Waals surface area contributed by atoms with Crippen molar-refractivity contribution in [3.63, 3.8) is 0 Å². The number of hydrogen-bond donors (Lipinski definition) is 1. The average Bonchev–Trinajstić information content (AvgIpc) is 2.87. The van der Waals surface area contributed by atoms with Crippen molar-refractivity contribution in [2.75, 3.05) is 0 Å². The fraction of sp³-hybridized carbons (Fsp3) is 0.250. The Kier molecular flexibility index (Phi) is 3.24. The first-order valence-corrected chi connectivity index (χ1v) is 6.75. The van der Waals surface area contributed by atoms with Gasteiger partial charge in [0.05, 0.1) is 11.4 Å². The molecule has 0 radical (unpaired) electrons. The molecule has 3 aromatic rings. The molecular weight excluding hydrogens is 250 g/mol. The Morgan fingerprint density at radius 3 is 2.85 bits per heavy atom. The van der Waals surface area contributed by atoms with E-state index in [0.717, 1.165) is 34.3 Å². The van der Waals surface area contributed by atoms with Crippen molar-refractivity contribution in [2.24, 2.45) is 0 Å². The van der Waals surface area contributed by atoms with Crippen molar-refractivity contribution in [3.8, 4) is 0 Å². The van der Waals surface area contributed by atoms with Gasteiger partial charge in [-0.15, -0.1) is 0 Å². The summed E-state index contributed by atoms with van der Waals surface area (Å²) in [6, 6.07) is 9.88. The first-order chi connectivity index (χ1) is 9.70. The van der Waals surface area contributed by atoms with Crippen molar-refractivity contribution < 1.29 is 5.11 Å². The van der Waals surface area contributed by atoms with Crippen LogP contribution in [0.2, 0.25) is 0 Å². The molecule has 20 heavy (non-hydrogen) atoms. The highest BCUT2D eigenvalue weighted by Crippen LogP contribution is 2.28. The number of aryl methyl sites for hydroxylation is 2. The Morgan fingerprint density at radius 2 is 2.05 bits per heavy atom. The van der Waals surface area contributed by atoms with Crippen LogP contribution in [0.4, 0.5) is 0 Å². The summed E-state index contributed by atoms with van der Waals surface area (Å²) in [7, 11) is 0. The van der Waals surface area contributed by atoms with E-state index < -0.39 is 6.10 Å². The maximum Gasteiger partial charge on any atom is 0.123 e. The lowest BCUT2D eigenvalue weighted by Gasteiger charge is -2.14. The minimum absolute atomic E-state index is 0.713.